The van der Waals surface area contributed by atoms with Crippen LogP contribution >= 0.6 is 15.9 Å². The molecule has 0 spiro atoms. The van der Waals surface area contributed by atoms with Crippen molar-refractivity contribution in [3.63, 3.8) is 0 Å². The summed E-state index contributed by atoms with van der Waals surface area (Å²) >= 11 is 3.38. The minimum atomic E-state index is 0.865. The summed E-state index contributed by atoms with van der Waals surface area (Å²) in [5, 5.41) is 0. The third kappa shape index (κ3) is 2.83. The lowest BCUT2D eigenvalue weighted by molar-refractivity contribution is 0.895. The first kappa shape index (κ1) is 11.1. The fourth-order valence-electron chi connectivity index (χ4n) is 1.55. The molecule has 0 radical (unpaired) electrons. The lowest BCUT2D eigenvalue weighted by Gasteiger charge is -2.18. The summed E-state index contributed by atoms with van der Waals surface area (Å²) < 4.78 is 0.866. The molecule has 0 amide bonds. The van der Waals surface area contributed by atoms with Crippen LogP contribution in [0.5, 0.6) is 0 Å². The number of halogens is 1. The first-order valence-electron chi connectivity index (χ1n) is 5.13. The first-order valence-corrected chi connectivity index (χ1v) is 5.92. The van der Waals surface area contributed by atoms with Crippen molar-refractivity contribution in [1.29, 1.82) is 0 Å². The normalized spacial score (nSPS) is 10.1. The zero-order valence-electron chi connectivity index (χ0n) is 9.10. The molecule has 2 rings (SSSR count). The summed E-state index contributed by atoms with van der Waals surface area (Å²) in [5.74, 6) is 0.971. The Morgan fingerprint density at radius 2 is 1.81 bits per heavy atom. The van der Waals surface area contributed by atoms with E-state index in [9.17, 15) is 0 Å². The van der Waals surface area contributed by atoms with Crippen LogP contribution < -0.4 is 4.90 Å². The second-order valence-electron chi connectivity index (χ2n) is 3.66. The Morgan fingerprint density at radius 1 is 1.06 bits per heavy atom. The third-order valence-corrected chi connectivity index (χ3v) is 2.80. The maximum atomic E-state index is 4.41. The van der Waals surface area contributed by atoms with Gasteiger partial charge >= 0.3 is 0 Å². The highest BCUT2D eigenvalue weighted by Crippen LogP contribution is 2.15. The number of nitrogens with zero attached hydrogens (tertiary/aromatic N) is 2. The average Bonchev–Trinajstić information content (AvgIpc) is 2.30. The van der Waals surface area contributed by atoms with E-state index >= 15 is 0 Å². The van der Waals surface area contributed by atoms with Gasteiger partial charge in [-0.1, -0.05) is 36.4 Å². The number of rotatable bonds is 3. The van der Waals surface area contributed by atoms with E-state index in [1.807, 2.05) is 31.3 Å². The molecule has 3 heteroatoms. The molecule has 0 saturated carbocycles. The summed E-state index contributed by atoms with van der Waals surface area (Å²) in [5.41, 5.74) is 1.28. The van der Waals surface area contributed by atoms with E-state index in [-0.39, 0.29) is 0 Å². The second-order valence-corrected chi connectivity index (χ2v) is 4.47. The highest BCUT2D eigenvalue weighted by molar-refractivity contribution is 9.10. The molecular formula is C13H13BrN2. The maximum Gasteiger partial charge on any atom is 0.129 e. The monoisotopic (exact) mass is 276 g/mol. The van der Waals surface area contributed by atoms with Crippen molar-refractivity contribution >= 4 is 21.7 Å². The van der Waals surface area contributed by atoms with Crippen LogP contribution in [0.4, 0.5) is 5.82 Å². The van der Waals surface area contributed by atoms with E-state index in [0.717, 1.165) is 17.0 Å². The van der Waals surface area contributed by atoms with E-state index < -0.39 is 0 Å². The molecule has 2 nitrogen and oxygen atoms in total. The van der Waals surface area contributed by atoms with E-state index in [0.29, 0.717) is 0 Å². The van der Waals surface area contributed by atoms with Crippen LogP contribution in [0.15, 0.2) is 53.1 Å². The van der Waals surface area contributed by atoms with Gasteiger partial charge in [0.05, 0.1) is 0 Å². The van der Waals surface area contributed by atoms with E-state index in [4.69, 9.17) is 0 Å². The molecule has 1 aromatic heterocycles. The lowest BCUT2D eigenvalue weighted by Crippen LogP contribution is -2.17. The average molecular weight is 277 g/mol. The van der Waals surface area contributed by atoms with Gasteiger partial charge in [0.1, 0.15) is 10.4 Å². The Labute approximate surface area is 104 Å². The predicted molar refractivity (Wildman–Crippen MR) is 70.5 cm³/mol. The molecule has 0 aliphatic carbocycles. The lowest BCUT2D eigenvalue weighted by atomic mass is 10.2. The van der Waals surface area contributed by atoms with Crippen molar-refractivity contribution in [1.82, 2.24) is 4.98 Å². The number of benzene rings is 1. The molecule has 0 unspecified atom stereocenters. The van der Waals surface area contributed by atoms with E-state index in [2.05, 4.69) is 50.1 Å². The number of pyridine rings is 1. The number of hydrogen-bond acceptors (Lipinski definition) is 2. The molecule has 2 aromatic rings. The SMILES string of the molecule is CN(Cc1ccccc1)c1cccc(Br)n1. The van der Waals surface area contributed by atoms with Gasteiger partial charge in [0.25, 0.3) is 0 Å². The fraction of sp³-hybridized carbons (Fsp3) is 0.154. The Morgan fingerprint density at radius 3 is 2.50 bits per heavy atom. The summed E-state index contributed by atoms with van der Waals surface area (Å²) in [6.45, 7) is 0.865. The molecular weight excluding hydrogens is 264 g/mol. The maximum absolute atomic E-state index is 4.41. The molecule has 16 heavy (non-hydrogen) atoms. The molecule has 0 N–H and O–H groups in total. The van der Waals surface area contributed by atoms with Crippen molar-refractivity contribution in [2.24, 2.45) is 0 Å². The van der Waals surface area contributed by atoms with Crippen LogP contribution in [0.3, 0.4) is 0 Å². The van der Waals surface area contributed by atoms with Crippen LogP contribution in [0, 0.1) is 0 Å². The van der Waals surface area contributed by atoms with E-state index in [1.165, 1.54) is 5.56 Å². The fourth-order valence-corrected chi connectivity index (χ4v) is 1.88. The van der Waals surface area contributed by atoms with Crippen molar-refractivity contribution in [2.75, 3.05) is 11.9 Å². The van der Waals surface area contributed by atoms with Gasteiger partial charge in [-0.25, -0.2) is 4.98 Å². The molecule has 0 bridgehead atoms. The zero-order chi connectivity index (χ0) is 11.4. The summed E-state index contributed by atoms with van der Waals surface area (Å²) in [4.78, 5) is 6.54. The first-order chi connectivity index (χ1) is 7.75. The Kier molecular flexibility index (Phi) is 3.57. The van der Waals surface area contributed by atoms with Crippen molar-refractivity contribution in [3.05, 3.63) is 58.7 Å². The Balaban J connectivity index is 2.12. The molecule has 0 fully saturated rings. The topological polar surface area (TPSA) is 16.1 Å². The minimum Gasteiger partial charge on any atom is -0.355 e. The van der Waals surface area contributed by atoms with E-state index in [1.54, 1.807) is 0 Å². The van der Waals surface area contributed by atoms with Gasteiger partial charge in [-0.05, 0) is 33.6 Å². The van der Waals surface area contributed by atoms with Gasteiger partial charge in [0, 0.05) is 13.6 Å². The number of aromatic nitrogens is 1. The van der Waals surface area contributed by atoms with Crippen LogP contribution in [0.2, 0.25) is 0 Å². The van der Waals surface area contributed by atoms with Gasteiger partial charge in [-0.2, -0.15) is 0 Å². The van der Waals surface area contributed by atoms with Crippen molar-refractivity contribution in [2.45, 2.75) is 6.54 Å². The highest BCUT2D eigenvalue weighted by Gasteiger charge is 2.03. The molecule has 0 atom stereocenters. The van der Waals surface area contributed by atoms with Gasteiger partial charge in [-0.15, -0.1) is 0 Å². The summed E-state index contributed by atoms with van der Waals surface area (Å²) in [7, 11) is 2.04. The molecule has 0 aliphatic rings. The van der Waals surface area contributed by atoms with Crippen molar-refractivity contribution in [3.8, 4) is 0 Å². The molecule has 0 aliphatic heterocycles. The zero-order valence-corrected chi connectivity index (χ0v) is 10.7. The van der Waals surface area contributed by atoms with Gasteiger partial charge in [-0.3, -0.25) is 0 Å². The summed E-state index contributed by atoms with van der Waals surface area (Å²) in [6, 6.07) is 16.3. The summed E-state index contributed by atoms with van der Waals surface area (Å²) in [6.07, 6.45) is 0. The van der Waals surface area contributed by atoms with Crippen molar-refractivity contribution < 1.29 is 0 Å². The van der Waals surface area contributed by atoms with Crippen LogP contribution in [-0.2, 0) is 6.54 Å². The van der Waals surface area contributed by atoms with Gasteiger partial charge < -0.3 is 4.90 Å². The van der Waals surface area contributed by atoms with Crippen LogP contribution in [-0.4, -0.2) is 12.0 Å². The van der Waals surface area contributed by atoms with Gasteiger partial charge in [0.15, 0.2) is 0 Å². The van der Waals surface area contributed by atoms with Gasteiger partial charge in [0.2, 0.25) is 0 Å². The quantitative estimate of drug-likeness (QED) is 0.798. The molecule has 82 valence electrons. The Hall–Kier alpha value is -1.35. The Bertz CT molecular complexity index is 456. The minimum absolute atomic E-state index is 0.865. The third-order valence-electron chi connectivity index (χ3n) is 2.35. The molecule has 1 aromatic carbocycles. The van der Waals surface area contributed by atoms with Crippen LogP contribution in [0.1, 0.15) is 5.56 Å². The predicted octanol–water partition coefficient (Wildman–Crippen LogP) is 3.48. The molecule has 1 heterocycles. The standard InChI is InChI=1S/C13H13BrN2/c1-16(10-11-6-3-2-4-7-11)13-9-5-8-12(14)15-13/h2-9H,10H2,1H3. The number of anilines is 1. The highest BCUT2D eigenvalue weighted by atomic mass is 79.9. The number of hydrogen-bond donors (Lipinski definition) is 0. The smallest absolute Gasteiger partial charge is 0.129 e. The largest absolute Gasteiger partial charge is 0.355 e. The van der Waals surface area contributed by atoms with Crippen LogP contribution in [0.25, 0.3) is 0 Å². The molecule has 0 saturated heterocycles. The second kappa shape index (κ2) is 5.12.